The molecule has 2 rings (SSSR count). The van der Waals surface area contributed by atoms with Gasteiger partial charge in [-0.1, -0.05) is 15.9 Å². The van der Waals surface area contributed by atoms with Crippen molar-refractivity contribution in [3.8, 4) is 0 Å². The number of nitrogens with zero attached hydrogens (tertiary/aromatic N) is 2. The number of benzene rings is 1. The summed E-state index contributed by atoms with van der Waals surface area (Å²) >= 11 is 8.88. The molecule has 3 N–H and O–H groups in total. The number of rotatable bonds is 2. The summed E-state index contributed by atoms with van der Waals surface area (Å²) in [6.45, 7) is 0. The third kappa shape index (κ3) is 2.83. The number of nitrogen functional groups attached to an aromatic ring is 1. The molecule has 0 amide bonds. The van der Waals surface area contributed by atoms with Crippen LogP contribution in [0.15, 0.2) is 28.9 Å². The Morgan fingerprint density at radius 3 is 2.94 bits per heavy atom. The summed E-state index contributed by atoms with van der Waals surface area (Å²) in [6, 6.07) is 5.18. The molecule has 0 unspecified atom stereocenters. The zero-order valence-corrected chi connectivity index (χ0v) is 10.8. The number of anilines is 3. The lowest BCUT2D eigenvalue weighted by atomic mass is 10.2. The highest BCUT2D eigenvalue weighted by Crippen LogP contribution is 2.27. The number of nitrogens with one attached hydrogen (secondary N) is 1. The normalized spacial score (nSPS) is 10.3. The van der Waals surface area contributed by atoms with Crippen LogP contribution in [0.3, 0.4) is 0 Å². The zero-order valence-electron chi connectivity index (χ0n) is 8.42. The van der Waals surface area contributed by atoms with Gasteiger partial charge in [0.25, 0.3) is 0 Å². The summed E-state index contributed by atoms with van der Waals surface area (Å²) in [4.78, 5) is 7.26. The summed E-state index contributed by atoms with van der Waals surface area (Å²) in [5.41, 5.74) is 6.75. The second-order valence-corrected chi connectivity index (χ2v) is 4.45. The van der Waals surface area contributed by atoms with Gasteiger partial charge in [-0.3, -0.25) is 0 Å². The van der Waals surface area contributed by atoms with Gasteiger partial charge >= 0.3 is 0 Å². The van der Waals surface area contributed by atoms with Crippen LogP contribution in [0.4, 0.5) is 21.6 Å². The van der Waals surface area contributed by atoms with Crippen molar-refractivity contribution in [1.82, 2.24) is 9.97 Å². The maximum Gasteiger partial charge on any atom is 0.224 e. The van der Waals surface area contributed by atoms with Crippen LogP contribution in [0, 0.1) is 5.82 Å². The Labute approximate surface area is 110 Å². The monoisotopic (exact) mass is 316 g/mol. The van der Waals surface area contributed by atoms with Crippen LogP contribution in [0.5, 0.6) is 0 Å². The molecule has 0 saturated carbocycles. The minimum absolute atomic E-state index is 0.0187. The van der Waals surface area contributed by atoms with Crippen molar-refractivity contribution in [3.05, 3.63) is 40.0 Å². The second kappa shape index (κ2) is 4.85. The van der Waals surface area contributed by atoms with Crippen molar-refractivity contribution in [3.63, 3.8) is 0 Å². The third-order valence-corrected chi connectivity index (χ3v) is 2.66. The summed E-state index contributed by atoms with van der Waals surface area (Å²) in [5.74, 6) is -0.622. The molecule has 0 aliphatic rings. The summed E-state index contributed by atoms with van der Waals surface area (Å²) < 4.78 is 14.2. The molecule has 0 radical (unpaired) electrons. The Balaban J connectivity index is 2.37. The first-order chi connectivity index (χ1) is 8.06. The minimum Gasteiger partial charge on any atom is -0.397 e. The summed E-state index contributed by atoms with van der Waals surface area (Å²) in [5, 5.41) is 2.72. The van der Waals surface area contributed by atoms with E-state index in [9.17, 15) is 4.39 Å². The van der Waals surface area contributed by atoms with Gasteiger partial charge < -0.3 is 11.1 Å². The van der Waals surface area contributed by atoms with Crippen molar-refractivity contribution < 1.29 is 4.39 Å². The fourth-order valence-corrected chi connectivity index (χ4v) is 1.69. The quantitative estimate of drug-likeness (QED) is 0.658. The zero-order chi connectivity index (χ0) is 12.4. The molecule has 1 aromatic carbocycles. The van der Waals surface area contributed by atoms with Gasteiger partial charge in [-0.25, -0.2) is 9.37 Å². The van der Waals surface area contributed by atoms with Crippen LogP contribution in [0.2, 0.25) is 5.28 Å². The number of hydrogen-bond acceptors (Lipinski definition) is 4. The first-order valence-corrected chi connectivity index (χ1v) is 5.73. The first-order valence-electron chi connectivity index (χ1n) is 4.56. The van der Waals surface area contributed by atoms with Crippen molar-refractivity contribution in [1.29, 1.82) is 0 Å². The summed E-state index contributed by atoms with van der Waals surface area (Å²) in [7, 11) is 0. The van der Waals surface area contributed by atoms with Gasteiger partial charge in [0.05, 0.1) is 17.6 Å². The van der Waals surface area contributed by atoms with Crippen LogP contribution in [-0.2, 0) is 0 Å². The number of nitrogens with two attached hydrogens (primary N) is 1. The molecular weight excluding hydrogens is 310 g/mol. The van der Waals surface area contributed by atoms with E-state index in [-0.39, 0.29) is 11.1 Å². The Morgan fingerprint density at radius 2 is 2.18 bits per heavy atom. The van der Waals surface area contributed by atoms with E-state index in [0.717, 1.165) is 10.7 Å². The van der Waals surface area contributed by atoms with Gasteiger partial charge in [0.2, 0.25) is 5.28 Å². The molecule has 2 aromatic rings. The van der Waals surface area contributed by atoms with Gasteiger partial charge in [0.1, 0.15) is 0 Å². The molecule has 0 aliphatic carbocycles. The predicted octanol–water partition coefficient (Wildman–Crippen LogP) is 3.36. The number of halogens is 3. The molecule has 17 heavy (non-hydrogen) atoms. The number of hydrogen-bond donors (Lipinski definition) is 2. The molecule has 88 valence electrons. The molecule has 0 saturated heterocycles. The van der Waals surface area contributed by atoms with Crippen molar-refractivity contribution in [2.45, 2.75) is 0 Å². The highest BCUT2D eigenvalue weighted by molar-refractivity contribution is 9.10. The van der Waals surface area contributed by atoms with E-state index in [1.54, 1.807) is 18.2 Å². The van der Waals surface area contributed by atoms with E-state index >= 15 is 0 Å². The van der Waals surface area contributed by atoms with Gasteiger partial charge in [-0.15, -0.1) is 0 Å². The standard InChI is InChI=1S/C10H7BrClFN4/c11-5-1-2-7(14)8(3-5)16-9-6(13)4-15-10(12)17-9/h1-4H,14H2,(H,15,16,17). The Bertz CT molecular complexity index is 514. The average Bonchev–Trinajstić information content (AvgIpc) is 2.28. The van der Waals surface area contributed by atoms with Crippen molar-refractivity contribution in [2.75, 3.05) is 11.1 Å². The SMILES string of the molecule is Nc1ccc(Br)cc1Nc1nc(Cl)ncc1F. The molecule has 1 heterocycles. The van der Waals surface area contributed by atoms with Gasteiger partial charge in [0, 0.05) is 4.47 Å². The largest absolute Gasteiger partial charge is 0.397 e. The van der Waals surface area contributed by atoms with E-state index in [1.807, 2.05) is 0 Å². The fourth-order valence-electron chi connectivity index (χ4n) is 1.20. The average molecular weight is 318 g/mol. The second-order valence-electron chi connectivity index (χ2n) is 3.19. The van der Waals surface area contributed by atoms with Gasteiger partial charge in [0.15, 0.2) is 11.6 Å². The third-order valence-electron chi connectivity index (χ3n) is 1.98. The van der Waals surface area contributed by atoms with Crippen molar-refractivity contribution in [2.24, 2.45) is 0 Å². The lowest BCUT2D eigenvalue weighted by Gasteiger charge is -2.09. The number of aromatic nitrogens is 2. The Kier molecular flexibility index (Phi) is 3.44. The maximum atomic E-state index is 13.4. The fraction of sp³-hybridized carbons (Fsp3) is 0. The maximum absolute atomic E-state index is 13.4. The topological polar surface area (TPSA) is 63.8 Å². The molecule has 1 aromatic heterocycles. The van der Waals surface area contributed by atoms with Crippen LogP contribution in [0.25, 0.3) is 0 Å². The van der Waals surface area contributed by atoms with E-state index in [4.69, 9.17) is 17.3 Å². The van der Waals surface area contributed by atoms with Crippen LogP contribution >= 0.6 is 27.5 Å². The van der Waals surface area contributed by atoms with E-state index in [0.29, 0.717) is 11.4 Å². The molecule has 0 atom stereocenters. The molecule has 0 spiro atoms. The molecular formula is C10H7BrClFN4. The summed E-state index contributed by atoms with van der Waals surface area (Å²) in [6.07, 6.45) is 0.992. The van der Waals surface area contributed by atoms with E-state index in [2.05, 4.69) is 31.2 Å². The molecule has 0 bridgehead atoms. The molecule has 0 fully saturated rings. The highest BCUT2D eigenvalue weighted by atomic mass is 79.9. The lowest BCUT2D eigenvalue weighted by molar-refractivity contribution is 0.619. The van der Waals surface area contributed by atoms with Crippen LogP contribution < -0.4 is 11.1 Å². The van der Waals surface area contributed by atoms with E-state index in [1.165, 1.54) is 0 Å². The molecule has 0 aliphatic heterocycles. The molecule has 4 nitrogen and oxygen atoms in total. The van der Waals surface area contributed by atoms with Crippen LogP contribution in [0.1, 0.15) is 0 Å². The van der Waals surface area contributed by atoms with Gasteiger partial charge in [-0.05, 0) is 29.8 Å². The minimum atomic E-state index is -0.603. The molecule has 7 heteroatoms. The van der Waals surface area contributed by atoms with Crippen LogP contribution in [-0.4, -0.2) is 9.97 Å². The Morgan fingerprint density at radius 1 is 1.41 bits per heavy atom. The lowest BCUT2D eigenvalue weighted by Crippen LogP contribution is -2.01. The Hall–Kier alpha value is -1.40. The van der Waals surface area contributed by atoms with Crippen molar-refractivity contribution >= 4 is 44.7 Å². The van der Waals surface area contributed by atoms with Gasteiger partial charge in [-0.2, -0.15) is 4.98 Å². The van der Waals surface area contributed by atoms with E-state index < -0.39 is 5.82 Å². The highest BCUT2D eigenvalue weighted by Gasteiger charge is 2.08. The predicted molar refractivity (Wildman–Crippen MR) is 68.8 cm³/mol. The first kappa shape index (κ1) is 12.1. The smallest absolute Gasteiger partial charge is 0.224 e.